The molecule has 1 aliphatic rings. The Morgan fingerprint density at radius 2 is 2.32 bits per heavy atom. The molecule has 1 fully saturated rings. The molecule has 0 bridgehead atoms. The summed E-state index contributed by atoms with van der Waals surface area (Å²) in [6, 6.07) is 3.89. The van der Waals surface area contributed by atoms with E-state index in [0.717, 1.165) is 38.0 Å². The predicted octanol–water partition coefficient (Wildman–Crippen LogP) is 1.80. The van der Waals surface area contributed by atoms with Crippen LogP contribution in [0.3, 0.4) is 0 Å². The van der Waals surface area contributed by atoms with E-state index in [1.54, 1.807) is 0 Å². The molecule has 3 N–H and O–H groups in total. The Morgan fingerprint density at radius 1 is 1.47 bits per heavy atom. The Labute approximate surface area is 114 Å². The molecular formula is C14H23N3O2. The number of nitrogens with two attached hydrogens (primary N) is 1. The van der Waals surface area contributed by atoms with Gasteiger partial charge >= 0.3 is 0 Å². The summed E-state index contributed by atoms with van der Waals surface area (Å²) >= 11 is 0. The van der Waals surface area contributed by atoms with Gasteiger partial charge in [-0.1, -0.05) is 6.92 Å². The van der Waals surface area contributed by atoms with Crippen LogP contribution < -0.4 is 15.4 Å². The largest absolute Gasteiger partial charge is 0.476 e. The highest BCUT2D eigenvalue weighted by Crippen LogP contribution is 2.27. The van der Waals surface area contributed by atoms with Gasteiger partial charge in [-0.05, 0) is 37.8 Å². The van der Waals surface area contributed by atoms with E-state index in [4.69, 9.17) is 10.5 Å². The number of nitrogen functional groups attached to an aromatic ring is 1. The van der Waals surface area contributed by atoms with Crippen LogP contribution in [0.5, 0.6) is 5.88 Å². The molecule has 5 nitrogen and oxygen atoms in total. The smallest absolute Gasteiger partial charge is 0.239 e. The molecule has 2 rings (SSSR count). The number of nitrogens with zero attached hydrogens (tertiary/aromatic N) is 2. The summed E-state index contributed by atoms with van der Waals surface area (Å²) < 4.78 is 5.56. The fourth-order valence-electron chi connectivity index (χ4n) is 2.41. The number of pyridine rings is 1. The number of hydrogen-bond acceptors (Lipinski definition) is 5. The molecule has 0 aromatic carbocycles. The van der Waals surface area contributed by atoms with Crippen molar-refractivity contribution >= 4 is 11.5 Å². The summed E-state index contributed by atoms with van der Waals surface area (Å²) in [7, 11) is 0. The van der Waals surface area contributed by atoms with Gasteiger partial charge in [-0.25, -0.2) is 0 Å². The maximum atomic E-state index is 9.46. The number of hydrogen-bond donors (Lipinski definition) is 2. The van der Waals surface area contributed by atoms with Crippen LogP contribution in [0, 0.1) is 0 Å². The number of anilines is 2. The molecule has 106 valence electrons. The molecule has 5 heteroatoms. The number of aliphatic hydroxyl groups is 1. The van der Waals surface area contributed by atoms with Crippen molar-refractivity contribution in [2.75, 3.05) is 30.4 Å². The Balaban J connectivity index is 2.18. The first-order valence-corrected chi connectivity index (χ1v) is 7.03. The third kappa shape index (κ3) is 3.29. The van der Waals surface area contributed by atoms with E-state index < -0.39 is 0 Å². The van der Waals surface area contributed by atoms with Crippen molar-refractivity contribution in [2.24, 2.45) is 0 Å². The Kier molecular flexibility index (Phi) is 4.85. The summed E-state index contributed by atoms with van der Waals surface area (Å²) in [4.78, 5) is 6.65. The topological polar surface area (TPSA) is 71.6 Å². The average molecular weight is 265 g/mol. The SMILES string of the molecule is CCCOc1nc(N2CCCCC2CO)ccc1N. The summed E-state index contributed by atoms with van der Waals surface area (Å²) in [6.07, 6.45) is 4.23. The lowest BCUT2D eigenvalue weighted by Gasteiger charge is -2.35. The lowest BCUT2D eigenvalue weighted by atomic mass is 10.0. The lowest BCUT2D eigenvalue weighted by molar-refractivity contribution is 0.239. The Bertz CT molecular complexity index is 412. The van der Waals surface area contributed by atoms with Crippen LogP contribution in [0.25, 0.3) is 0 Å². The van der Waals surface area contributed by atoms with Crippen LogP contribution >= 0.6 is 0 Å². The fraction of sp³-hybridized carbons (Fsp3) is 0.643. The molecule has 19 heavy (non-hydrogen) atoms. The quantitative estimate of drug-likeness (QED) is 0.849. The van der Waals surface area contributed by atoms with Gasteiger partial charge in [-0.3, -0.25) is 0 Å². The maximum Gasteiger partial charge on any atom is 0.239 e. The molecular weight excluding hydrogens is 242 g/mol. The van der Waals surface area contributed by atoms with Crippen LogP contribution in [-0.2, 0) is 0 Å². The van der Waals surface area contributed by atoms with Crippen LogP contribution in [0.1, 0.15) is 32.6 Å². The highest BCUT2D eigenvalue weighted by Gasteiger charge is 2.23. The van der Waals surface area contributed by atoms with Gasteiger partial charge in [0.2, 0.25) is 5.88 Å². The summed E-state index contributed by atoms with van der Waals surface area (Å²) in [5.41, 5.74) is 6.44. The van der Waals surface area contributed by atoms with E-state index in [1.807, 2.05) is 19.1 Å². The molecule has 0 aliphatic carbocycles. The van der Waals surface area contributed by atoms with Crippen molar-refractivity contribution in [1.82, 2.24) is 4.98 Å². The van der Waals surface area contributed by atoms with E-state index in [2.05, 4.69) is 9.88 Å². The van der Waals surface area contributed by atoms with Crippen molar-refractivity contribution in [3.8, 4) is 5.88 Å². The Hall–Kier alpha value is -1.49. The van der Waals surface area contributed by atoms with Gasteiger partial charge < -0.3 is 20.5 Å². The first-order chi connectivity index (χ1) is 9.26. The van der Waals surface area contributed by atoms with Crippen molar-refractivity contribution in [3.05, 3.63) is 12.1 Å². The van der Waals surface area contributed by atoms with Gasteiger partial charge in [0.15, 0.2) is 0 Å². The minimum Gasteiger partial charge on any atom is -0.476 e. The molecule has 1 saturated heterocycles. The standard InChI is InChI=1S/C14H23N3O2/c1-2-9-19-14-12(15)6-7-13(16-14)17-8-4-3-5-11(17)10-18/h6-7,11,18H,2-5,8-10,15H2,1H3. The molecule has 0 amide bonds. The molecule has 0 spiro atoms. The number of ether oxygens (including phenoxy) is 1. The molecule has 1 atom stereocenters. The second-order valence-corrected chi connectivity index (χ2v) is 4.94. The highest BCUT2D eigenvalue weighted by atomic mass is 16.5. The third-order valence-electron chi connectivity index (χ3n) is 3.45. The fourth-order valence-corrected chi connectivity index (χ4v) is 2.41. The first kappa shape index (κ1) is 13.9. The average Bonchev–Trinajstić information content (AvgIpc) is 2.46. The molecule has 1 aromatic heterocycles. The third-order valence-corrected chi connectivity index (χ3v) is 3.45. The number of piperidine rings is 1. The zero-order valence-electron chi connectivity index (χ0n) is 11.5. The van der Waals surface area contributed by atoms with Crippen LogP contribution in [0.15, 0.2) is 12.1 Å². The minimum atomic E-state index is 0.156. The van der Waals surface area contributed by atoms with E-state index in [1.165, 1.54) is 0 Å². The second-order valence-electron chi connectivity index (χ2n) is 4.94. The van der Waals surface area contributed by atoms with E-state index in [-0.39, 0.29) is 12.6 Å². The molecule has 0 radical (unpaired) electrons. The maximum absolute atomic E-state index is 9.46. The number of rotatable bonds is 5. The number of aromatic nitrogens is 1. The summed E-state index contributed by atoms with van der Waals surface area (Å²) in [5.74, 6) is 1.35. The second kappa shape index (κ2) is 6.61. The highest BCUT2D eigenvalue weighted by molar-refractivity contribution is 5.55. The van der Waals surface area contributed by atoms with Gasteiger partial charge in [0, 0.05) is 6.54 Å². The van der Waals surface area contributed by atoms with Gasteiger partial charge in [0.1, 0.15) is 5.82 Å². The summed E-state index contributed by atoms with van der Waals surface area (Å²) in [5, 5.41) is 9.46. The van der Waals surface area contributed by atoms with Gasteiger partial charge in [-0.2, -0.15) is 4.98 Å². The van der Waals surface area contributed by atoms with Crippen molar-refractivity contribution in [2.45, 2.75) is 38.6 Å². The molecule has 1 aliphatic heterocycles. The van der Waals surface area contributed by atoms with Crippen LogP contribution in [0.4, 0.5) is 11.5 Å². The summed E-state index contributed by atoms with van der Waals surface area (Å²) in [6.45, 7) is 3.75. The normalized spacial score (nSPS) is 19.5. The molecule has 1 unspecified atom stereocenters. The molecule has 2 heterocycles. The van der Waals surface area contributed by atoms with Crippen molar-refractivity contribution in [1.29, 1.82) is 0 Å². The molecule has 1 aromatic rings. The predicted molar refractivity (Wildman–Crippen MR) is 76.5 cm³/mol. The first-order valence-electron chi connectivity index (χ1n) is 7.03. The monoisotopic (exact) mass is 265 g/mol. The van der Waals surface area contributed by atoms with Crippen molar-refractivity contribution in [3.63, 3.8) is 0 Å². The Morgan fingerprint density at radius 3 is 3.05 bits per heavy atom. The molecule has 0 saturated carbocycles. The lowest BCUT2D eigenvalue weighted by Crippen LogP contribution is -2.42. The van der Waals surface area contributed by atoms with E-state index in [0.29, 0.717) is 18.2 Å². The van der Waals surface area contributed by atoms with E-state index >= 15 is 0 Å². The number of aliphatic hydroxyl groups excluding tert-OH is 1. The zero-order chi connectivity index (χ0) is 13.7. The van der Waals surface area contributed by atoms with Crippen LogP contribution in [0.2, 0.25) is 0 Å². The van der Waals surface area contributed by atoms with Crippen molar-refractivity contribution < 1.29 is 9.84 Å². The zero-order valence-corrected chi connectivity index (χ0v) is 11.5. The van der Waals surface area contributed by atoms with Gasteiger partial charge in [0.05, 0.1) is 24.9 Å². The van der Waals surface area contributed by atoms with E-state index in [9.17, 15) is 5.11 Å². The van der Waals surface area contributed by atoms with Crippen LogP contribution in [-0.4, -0.2) is 35.9 Å². The van der Waals surface area contributed by atoms with Gasteiger partial charge in [-0.15, -0.1) is 0 Å². The minimum absolute atomic E-state index is 0.156. The van der Waals surface area contributed by atoms with Gasteiger partial charge in [0.25, 0.3) is 0 Å².